The molecule has 1 aliphatic rings. The summed E-state index contributed by atoms with van der Waals surface area (Å²) in [6, 6.07) is 2.02. The summed E-state index contributed by atoms with van der Waals surface area (Å²) >= 11 is 0. The molecule has 5 nitrogen and oxygen atoms in total. The van der Waals surface area contributed by atoms with Gasteiger partial charge in [0.1, 0.15) is 0 Å². The molecule has 0 aliphatic carbocycles. The van der Waals surface area contributed by atoms with Crippen LogP contribution in [0.15, 0.2) is 0 Å². The molecule has 0 bridgehead atoms. The van der Waals surface area contributed by atoms with Crippen LogP contribution in [-0.4, -0.2) is 48.3 Å². The summed E-state index contributed by atoms with van der Waals surface area (Å²) in [5.41, 5.74) is 0. The Hall–Kier alpha value is -1.57. The molecular formula is C13H21N3O2. The average Bonchev–Trinajstić information content (AvgIpc) is 2.57. The SMILES string of the molecule is CN(CCC#N)C(=O)CCN1CCCCCC1=O. The highest BCUT2D eigenvalue weighted by Crippen LogP contribution is 2.11. The minimum Gasteiger partial charge on any atom is -0.345 e. The summed E-state index contributed by atoms with van der Waals surface area (Å²) in [6.45, 7) is 1.74. The van der Waals surface area contributed by atoms with E-state index in [0.29, 0.717) is 32.4 Å². The molecule has 0 aromatic carbocycles. The molecule has 0 aromatic heterocycles. The monoisotopic (exact) mass is 251 g/mol. The van der Waals surface area contributed by atoms with Gasteiger partial charge in [0.15, 0.2) is 0 Å². The smallest absolute Gasteiger partial charge is 0.224 e. The third-order valence-corrected chi connectivity index (χ3v) is 3.25. The average molecular weight is 251 g/mol. The van der Waals surface area contributed by atoms with Gasteiger partial charge in [0.2, 0.25) is 11.8 Å². The molecule has 0 radical (unpaired) electrons. The third-order valence-electron chi connectivity index (χ3n) is 3.25. The summed E-state index contributed by atoms with van der Waals surface area (Å²) in [4.78, 5) is 26.8. The van der Waals surface area contributed by atoms with Crippen LogP contribution in [-0.2, 0) is 9.59 Å². The molecule has 18 heavy (non-hydrogen) atoms. The van der Waals surface area contributed by atoms with Crippen LogP contribution in [0.25, 0.3) is 0 Å². The molecule has 1 heterocycles. The molecule has 0 atom stereocenters. The lowest BCUT2D eigenvalue weighted by atomic mass is 10.2. The van der Waals surface area contributed by atoms with Gasteiger partial charge in [-0.05, 0) is 12.8 Å². The molecule has 0 spiro atoms. The van der Waals surface area contributed by atoms with E-state index in [2.05, 4.69) is 0 Å². The van der Waals surface area contributed by atoms with Crippen molar-refractivity contribution in [2.75, 3.05) is 26.7 Å². The molecule has 1 fully saturated rings. The molecule has 1 aliphatic heterocycles. The van der Waals surface area contributed by atoms with Crippen molar-refractivity contribution in [3.8, 4) is 6.07 Å². The normalized spacial score (nSPS) is 16.0. The van der Waals surface area contributed by atoms with E-state index < -0.39 is 0 Å². The molecule has 0 saturated carbocycles. The number of hydrogen-bond donors (Lipinski definition) is 0. The van der Waals surface area contributed by atoms with Gasteiger partial charge in [0.25, 0.3) is 0 Å². The zero-order valence-electron chi connectivity index (χ0n) is 11.0. The number of carbonyl (C=O) groups is 2. The first-order chi connectivity index (χ1) is 8.65. The number of likely N-dealkylation sites (tertiary alicyclic amines) is 1. The fraction of sp³-hybridized carbons (Fsp3) is 0.769. The third kappa shape index (κ3) is 4.74. The van der Waals surface area contributed by atoms with Crippen LogP contribution in [0.3, 0.4) is 0 Å². The quantitative estimate of drug-likeness (QED) is 0.736. The number of nitriles is 1. The van der Waals surface area contributed by atoms with E-state index >= 15 is 0 Å². The number of carbonyl (C=O) groups excluding carboxylic acids is 2. The predicted octanol–water partition coefficient (Wildman–Crippen LogP) is 1.15. The highest BCUT2D eigenvalue weighted by atomic mass is 16.2. The fourth-order valence-electron chi connectivity index (χ4n) is 2.04. The maximum absolute atomic E-state index is 11.8. The summed E-state index contributed by atoms with van der Waals surface area (Å²) in [6.07, 6.45) is 4.41. The van der Waals surface area contributed by atoms with Crippen molar-refractivity contribution in [1.82, 2.24) is 9.80 Å². The van der Waals surface area contributed by atoms with Crippen LogP contribution in [0.4, 0.5) is 0 Å². The van der Waals surface area contributed by atoms with E-state index in [1.165, 1.54) is 0 Å². The van der Waals surface area contributed by atoms with E-state index in [1.54, 1.807) is 16.8 Å². The second-order valence-corrected chi connectivity index (χ2v) is 4.66. The van der Waals surface area contributed by atoms with Crippen molar-refractivity contribution >= 4 is 11.8 Å². The lowest BCUT2D eigenvalue weighted by Crippen LogP contribution is -2.35. The van der Waals surface area contributed by atoms with Gasteiger partial charge in [0, 0.05) is 39.5 Å². The summed E-state index contributed by atoms with van der Waals surface area (Å²) < 4.78 is 0. The van der Waals surface area contributed by atoms with Crippen molar-refractivity contribution in [2.45, 2.75) is 38.5 Å². The topological polar surface area (TPSA) is 64.4 Å². The van der Waals surface area contributed by atoms with E-state index in [0.717, 1.165) is 25.8 Å². The predicted molar refractivity (Wildman–Crippen MR) is 67.5 cm³/mol. The number of hydrogen-bond acceptors (Lipinski definition) is 3. The lowest BCUT2D eigenvalue weighted by molar-refractivity contribution is -0.133. The van der Waals surface area contributed by atoms with Gasteiger partial charge < -0.3 is 9.80 Å². The number of rotatable bonds is 5. The second-order valence-electron chi connectivity index (χ2n) is 4.66. The van der Waals surface area contributed by atoms with Crippen molar-refractivity contribution in [1.29, 1.82) is 5.26 Å². The Labute approximate surface area is 108 Å². The van der Waals surface area contributed by atoms with Crippen LogP contribution < -0.4 is 0 Å². The van der Waals surface area contributed by atoms with Crippen LogP contribution in [0.5, 0.6) is 0 Å². The van der Waals surface area contributed by atoms with E-state index in [4.69, 9.17) is 5.26 Å². The van der Waals surface area contributed by atoms with Crippen LogP contribution in [0.1, 0.15) is 38.5 Å². The number of nitrogens with zero attached hydrogens (tertiary/aromatic N) is 3. The summed E-state index contributed by atoms with van der Waals surface area (Å²) in [5.74, 6) is 0.169. The summed E-state index contributed by atoms with van der Waals surface area (Å²) in [5, 5.41) is 8.46. The zero-order chi connectivity index (χ0) is 13.4. The Balaban J connectivity index is 2.32. The van der Waals surface area contributed by atoms with Gasteiger partial charge in [0.05, 0.1) is 12.5 Å². The van der Waals surface area contributed by atoms with Crippen LogP contribution in [0.2, 0.25) is 0 Å². The van der Waals surface area contributed by atoms with Crippen LogP contribution >= 0.6 is 0 Å². The first-order valence-electron chi connectivity index (χ1n) is 6.54. The highest BCUT2D eigenvalue weighted by Gasteiger charge is 2.18. The van der Waals surface area contributed by atoms with E-state index in [1.807, 2.05) is 6.07 Å². The Bertz CT molecular complexity index is 336. The van der Waals surface area contributed by atoms with E-state index in [-0.39, 0.29) is 11.8 Å². The highest BCUT2D eigenvalue weighted by molar-refractivity contribution is 5.79. The maximum Gasteiger partial charge on any atom is 0.224 e. The maximum atomic E-state index is 11.8. The standard InChI is InChI=1S/C13H21N3O2/c1-15(9-5-8-14)12(17)7-11-16-10-4-2-3-6-13(16)18/h2-7,9-11H2,1H3. The number of amides is 2. The van der Waals surface area contributed by atoms with Gasteiger partial charge in [-0.15, -0.1) is 0 Å². The van der Waals surface area contributed by atoms with Gasteiger partial charge >= 0.3 is 0 Å². The summed E-state index contributed by atoms with van der Waals surface area (Å²) in [7, 11) is 1.70. The molecule has 0 aromatic rings. The molecule has 0 unspecified atom stereocenters. The first-order valence-corrected chi connectivity index (χ1v) is 6.54. The molecule has 2 amide bonds. The van der Waals surface area contributed by atoms with Crippen LogP contribution in [0, 0.1) is 11.3 Å². The zero-order valence-corrected chi connectivity index (χ0v) is 11.0. The van der Waals surface area contributed by atoms with Crippen molar-refractivity contribution < 1.29 is 9.59 Å². The molecule has 5 heteroatoms. The van der Waals surface area contributed by atoms with Crippen molar-refractivity contribution in [2.24, 2.45) is 0 Å². The molecule has 1 saturated heterocycles. The Morgan fingerprint density at radius 1 is 1.44 bits per heavy atom. The molecular weight excluding hydrogens is 230 g/mol. The van der Waals surface area contributed by atoms with Crippen molar-refractivity contribution in [3.05, 3.63) is 0 Å². The Morgan fingerprint density at radius 2 is 2.22 bits per heavy atom. The Kier molecular flexibility index (Phi) is 6.20. The van der Waals surface area contributed by atoms with Gasteiger partial charge in [-0.25, -0.2) is 0 Å². The second kappa shape index (κ2) is 7.70. The Morgan fingerprint density at radius 3 is 2.94 bits per heavy atom. The van der Waals surface area contributed by atoms with Gasteiger partial charge in [-0.2, -0.15) is 5.26 Å². The van der Waals surface area contributed by atoms with E-state index in [9.17, 15) is 9.59 Å². The fourth-order valence-corrected chi connectivity index (χ4v) is 2.04. The minimum atomic E-state index is 0.00213. The molecule has 1 rings (SSSR count). The molecule has 100 valence electrons. The van der Waals surface area contributed by atoms with Crippen molar-refractivity contribution in [3.63, 3.8) is 0 Å². The molecule has 0 N–H and O–H groups in total. The van der Waals surface area contributed by atoms with Gasteiger partial charge in [-0.3, -0.25) is 9.59 Å². The lowest BCUT2D eigenvalue weighted by Gasteiger charge is -2.22. The largest absolute Gasteiger partial charge is 0.345 e. The minimum absolute atomic E-state index is 0.00213. The first kappa shape index (κ1) is 14.5. The van der Waals surface area contributed by atoms with Gasteiger partial charge in [-0.1, -0.05) is 6.42 Å².